The van der Waals surface area contributed by atoms with E-state index in [0.717, 1.165) is 12.1 Å². The number of nitrogens with two attached hydrogens (primary N) is 1. The second-order valence-electron chi connectivity index (χ2n) is 7.05. The third-order valence-electron chi connectivity index (χ3n) is 4.72. The molecule has 1 aromatic heterocycles. The number of carboxylic acid groups (broad SMARTS) is 1. The third kappa shape index (κ3) is 6.23. The molecule has 1 unspecified atom stereocenters. The Kier molecular flexibility index (Phi) is 7.87. The molecule has 1 amide bonds. The Morgan fingerprint density at radius 3 is 2.38 bits per heavy atom. The number of aromatic amines is 1. The highest BCUT2D eigenvalue weighted by atomic mass is 19.4. The number of ketones is 1. The Bertz CT molecular complexity index is 988. The van der Waals surface area contributed by atoms with Crippen LogP contribution >= 0.6 is 0 Å². The summed E-state index contributed by atoms with van der Waals surface area (Å²) in [6.45, 7) is 1.28. The molecule has 5 N–H and O–H groups in total. The molecule has 1 aromatic carbocycles. The number of amides is 1. The van der Waals surface area contributed by atoms with Crippen LogP contribution < -0.4 is 11.1 Å². The second-order valence-corrected chi connectivity index (χ2v) is 7.05. The fourth-order valence-corrected chi connectivity index (χ4v) is 2.84. The smallest absolute Gasteiger partial charge is 0.416 e. The molecule has 1 heterocycles. The Morgan fingerprint density at radius 1 is 1.22 bits per heavy atom. The van der Waals surface area contributed by atoms with E-state index in [1.807, 2.05) is 0 Å². The van der Waals surface area contributed by atoms with Crippen LogP contribution in [0.2, 0.25) is 0 Å². The van der Waals surface area contributed by atoms with E-state index in [-0.39, 0.29) is 12.0 Å². The number of hydrogen-bond donors (Lipinski definition) is 4. The molecule has 12 heteroatoms. The molecule has 0 saturated carbocycles. The number of carboxylic acids is 1. The highest BCUT2D eigenvalue weighted by Gasteiger charge is 2.34. The van der Waals surface area contributed by atoms with Crippen LogP contribution in [-0.2, 0) is 33.4 Å². The first kappa shape index (κ1) is 24.7. The van der Waals surface area contributed by atoms with Crippen molar-refractivity contribution in [3.63, 3.8) is 0 Å². The molecular weight excluding hydrogens is 433 g/mol. The van der Waals surface area contributed by atoms with E-state index in [1.54, 1.807) is 0 Å². The molecule has 0 aliphatic heterocycles. The number of carbonyl (C=O) groups excluding carboxylic acids is 3. The maximum absolute atomic E-state index is 12.6. The quantitative estimate of drug-likeness (QED) is 0.310. The van der Waals surface area contributed by atoms with Crippen molar-refractivity contribution >= 4 is 23.9 Å². The molecule has 172 valence electrons. The minimum Gasteiger partial charge on any atom is -0.480 e. The van der Waals surface area contributed by atoms with Gasteiger partial charge in [0.2, 0.25) is 0 Å². The average molecular weight is 454 g/mol. The number of rotatable bonds is 10. The summed E-state index contributed by atoms with van der Waals surface area (Å²) in [7, 11) is 0. The maximum Gasteiger partial charge on any atom is 0.416 e. The molecule has 0 aliphatic rings. The van der Waals surface area contributed by atoms with Crippen LogP contribution in [0.4, 0.5) is 13.2 Å². The lowest BCUT2D eigenvalue weighted by Crippen LogP contribution is -2.50. The van der Waals surface area contributed by atoms with E-state index in [9.17, 15) is 32.3 Å². The largest absolute Gasteiger partial charge is 0.480 e. The van der Waals surface area contributed by atoms with Gasteiger partial charge in [0.05, 0.1) is 11.6 Å². The van der Waals surface area contributed by atoms with Crippen LogP contribution in [0.1, 0.15) is 34.4 Å². The molecule has 0 bridgehead atoms. The van der Waals surface area contributed by atoms with Gasteiger partial charge in [0, 0.05) is 12.6 Å². The predicted molar refractivity (Wildman–Crippen MR) is 105 cm³/mol. The van der Waals surface area contributed by atoms with E-state index in [0.29, 0.717) is 24.2 Å². The summed E-state index contributed by atoms with van der Waals surface area (Å²) in [6, 6.07) is 1.75. The number of Topliss-reactive ketones (excluding diaryl/α,β-unsaturated/α-hetero) is 1. The van der Waals surface area contributed by atoms with Crippen molar-refractivity contribution in [1.29, 1.82) is 0 Å². The van der Waals surface area contributed by atoms with Crippen LogP contribution in [0.15, 0.2) is 30.5 Å². The Labute approximate surface area is 180 Å². The first-order chi connectivity index (χ1) is 14.9. The third-order valence-corrected chi connectivity index (χ3v) is 4.72. The van der Waals surface area contributed by atoms with Gasteiger partial charge in [-0.25, -0.2) is 4.98 Å². The summed E-state index contributed by atoms with van der Waals surface area (Å²) in [5.41, 5.74) is 5.17. The van der Waals surface area contributed by atoms with E-state index < -0.39 is 47.4 Å². The summed E-state index contributed by atoms with van der Waals surface area (Å²) in [6.07, 6.45) is -2.32. The summed E-state index contributed by atoms with van der Waals surface area (Å²) in [4.78, 5) is 53.4. The number of aldehydes is 1. The van der Waals surface area contributed by atoms with Gasteiger partial charge in [0.1, 0.15) is 29.8 Å². The lowest BCUT2D eigenvalue weighted by molar-refractivity contribution is -0.144. The zero-order chi connectivity index (χ0) is 24.1. The molecule has 2 aromatic rings. The van der Waals surface area contributed by atoms with Crippen LogP contribution in [0.25, 0.3) is 0 Å². The fourth-order valence-electron chi connectivity index (χ4n) is 2.84. The normalized spacial score (nSPS) is 14.3. The van der Waals surface area contributed by atoms with Crippen molar-refractivity contribution in [3.05, 3.63) is 53.1 Å². The number of carbonyl (C=O) groups is 4. The molecular formula is C20H21F3N4O5. The summed E-state index contributed by atoms with van der Waals surface area (Å²) >= 11 is 0. The number of halogens is 3. The van der Waals surface area contributed by atoms with Crippen LogP contribution in [-0.4, -0.2) is 51.1 Å². The second kappa shape index (κ2) is 10.2. The lowest BCUT2D eigenvalue weighted by Gasteiger charge is -2.18. The van der Waals surface area contributed by atoms with Gasteiger partial charge >= 0.3 is 12.1 Å². The number of aryl methyl sites for hydroxylation is 2. The number of imidazole rings is 1. The monoisotopic (exact) mass is 454 g/mol. The van der Waals surface area contributed by atoms with Crippen molar-refractivity contribution in [2.45, 2.75) is 38.0 Å². The highest BCUT2D eigenvalue weighted by molar-refractivity contribution is 6.03. The number of hydrogen-bond acceptors (Lipinski definition) is 6. The van der Waals surface area contributed by atoms with Crippen molar-refractivity contribution in [2.75, 3.05) is 0 Å². The number of alkyl halides is 3. The van der Waals surface area contributed by atoms with Gasteiger partial charge in [-0.3, -0.25) is 14.4 Å². The topological polar surface area (TPSA) is 155 Å². The molecule has 3 atom stereocenters. The van der Waals surface area contributed by atoms with E-state index >= 15 is 0 Å². The Morgan fingerprint density at radius 2 is 1.84 bits per heavy atom. The standard InChI is InChI=1S/C20H21F3N4O5/c1-10(17(29)13(9-28)16(24)19(31)32)26-18(30)14-8-25-15(27-14)7-4-11-2-5-12(6-3-11)20(21,22)23/h2-3,5-6,8-10,13,16H,4,7,24H2,1H3,(H,25,27)(H,26,30)(H,31,32)/t10-,13+,16?/m0/s1. The minimum absolute atomic E-state index is 0.0581. The molecule has 0 saturated heterocycles. The van der Waals surface area contributed by atoms with Crippen LogP contribution in [0, 0.1) is 5.92 Å². The van der Waals surface area contributed by atoms with Gasteiger partial charge in [0.25, 0.3) is 5.91 Å². The lowest BCUT2D eigenvalue weighted by atomic mass is 9.93. The van der Waals surface area contributed by atoms with E-state index in [4.69, 9.17) is 10.8 Å². The Balaban J connectivity index is 1.95. The maximum atomic E-state index is 12.6. The number of benzene rings is 1. The number of H-pyrrole nitrogens is 1. The Hall–Kier alpha value is -3.54. The molecule has 2 rings (SSSR count). The number of aromatic nitrogens is 2. The zero-order valence-electron chi connectivity index (χ0n) is 16.8. The molecule has 0 fully saturated rings. The van der Waals surface area contributed by atoms with Crippen molar-refractivity contribution in [1.82, 2.24) is 15.3 Å². The zero-order valence-corrected chi connectivity index (χ0v) is 16.8. The van der Waals surface area contributed by atoms with Gasteiger partial charge in [-0.15, -0.1) is 0 Å². The number of nitrogens with zero attached hydrogens (tertiary/aromatic N) is 1. The van der Waals surface area contributed by atoms with E-state index in [2.05, 4.69) is 15.3 Å². The van der Waals surface area contributed by atoms with Gasteiger partial charge < -0.3 is 25.9 Å². The SMILES string of the molecule is C[C@H](NC(=O)c1c[nH]c(CCc2ccc(C(F)(F)F)cc2)n1)C(=O)[C@H](C=O)C(N)C(=O)O. The van der Waals surface area contributed by atoms with Crippen LogP contribution in [0.5, 0.6) is 0 Å². The summed E-state index contributed by atoms with van der Waals surface area (Å²) in [5.74, 6) is -4.36. The first-order valence-corrected chi connectivity index (χ1v) is 9.42. The molecule has 0 spiro atoms. The molecule has 32 heavy (non-hydrogen) atoms. The molecule has 0 radical (unpaired) electrons. The van der Waals surface area contributed by atoms with Gasteiger partial charge in [-0.1, -0.05) is 12.1 Å². The number of aliphatic carboxylic acids is 1. The van der Waals surface area contributed by atoms with Crippen molar-refractivity contribution in [2.24, 2.45) is 11.7 Å². The summed E-state index contributed by atoms with van der Waals surface area (Å²) < 4.78 is 37.8. The van der Waals surface area contributed by atoms with Gasteiger partial charge in [-0.05, 0) is 31.0 Å². The van der Waals surface area contributed by atoms with E-state index in [1.165, 1.54) is 25.3 Å². The first-order valence-electron chi connectivity index (χ1n) is 9.42. The van der Waals surface area contributed by atoms with Gasteiger partial charge in [-0.2, -0.15) is 13.2 Å². The summed E-state index contributed by atoms with van der Waals surface area (Å²) in [5, 5.41) is 11.2. The van der Waals surface area contributed by atoms with Crippen molar-refractivity contribution in [3.8, 4) is 0 Å². The van der Waals surface area contributed by atoms with Gasteiger partial charge in [0.15, 0.2) is 5.78 Å². The molecule has 9 nitrogen and oxygen atoms in total. The average Bonchev–Trinajstić information content (AvgIpc) is 3.21. The van der Waals surface area contributed by atoms with Crippen molar-refractivity contribution < 1.29 is 37.5 Å². The van der Waals surface area contributed by atoms with Crippen LogP contribution in [0.3, 0.4) is 0 Å². The molecule has 0 aliphatic carbocycles. The predicted octanol–water partition coefficient (Wildman–Crippen LogP) is 1.13. The number of nitrogens with one attached hydrogen (secondary N) is 2. The minimum atomic E-state index is -4.41. The highest BCUT2D eigenvalue weighted by Crippen LogP contribution is 2.29. The fraction of sp³-hybridized carbons (Fsp3) is 0.350.